The number of hydrogen-bond acceptors (Lipinski definition) is 2. The molecule has 1 aliphatic rings. The van der Waals surface area contributed by atoms with E-state index >= 15 is 0 Å². The molecule has 2 unspecified atom stereocenters. The quantitative estimate of drug-likeness (QED) is 0.845. The molecule has 1 N–H and O–H groups in total. The number of fused-ring (bicyclic) bond motifs is 1. The summed E-state index contributed by atoms with van der Waals surface area (Å²) in [6.07, 6.45) is -0.432. The van der Waals surface area contributed by atoms with E-state index in [9.17, 15) is 9.50 Å². The van der Waals surface area contributed by atoms with Crippen molar-refractivity contribution >= 4 is 0 Å². The van der Waals surface area contributed by atoms with Crippen molar-refractivity contribution in [1.82, 2.24) is 0 Å². The average Bonchev–Trinajstić information content (AvgIpc) is 2.42. The molecule has 0 aromatic heterocycles. The van der Waals surface area contributed by atoms with Gasteiger partial charge >= 0.3 is 0 Å². The van der Waals surface area contributed by atoms with Gasteiger partial charge in [0.2, 0.25) is 0 Å². The molecule has 1 aliphatic heterocycles. The van der Waals surface area contributed by atoms with Crippen LogP contribution in [0.5, 0.6) is 5.75 Å². The maximum atomic E-state index is 13.6. The Morgan fingerprint density at radius 2 is 2.00 bits per heavy atom. The maximum Gasteiger partial charge on any atom is 0.127 e. The van der Waals surface area contributed by atoms with Crippen LogP contribution in [-0.2, 0) is 0 Å². The molecule has 0 fully saturated rings. The zero-order valence-electron chi connectivity index (χ0n) is 10.6. The number of benzene rings is 2. The Morgan fingerprint density at radius 1 is 1.21 bits per heavy atom. The molecular formula is C16H15FO2. The number of ether oxygens (including phenoxy) is 1. The second kappa shape index (κ2) is 4.67. The molecule has 0 saturated carbocycles. The third kappa shape index (κ3) is 2.22. The molecule has 3 heteroatoms. The summed E-state index contributed by atoms with van der Waals surface area (Å²) < 4.78 is 19.5. The molecule has 2 aromatic carbocycles. The predicted molar refractivity (Wildman–Crippen MR) is 70.5 cm³/mol. The topological polar surface area (TPSA) is 29.5 Å². The highest BCUT2D eigenvalue weighted by Gasteiger charge is 2.27. The highest BCUT2D eigenvalue weighted by atomic mass is 19.1. The smallest absolute Gasteiger partial charge is 0.127 e. The molecule has 0 saturated heterocycles. The largest absolute Gasteiger partial charge is 0.485 e. The van der Waals surface area contributed by atoms with Gasteiger partial charge in [0.15, 0.2) is 0 Å². The van der Waals surface area contributed by atoms with Crippen molar-refractivity contribution in [1.29, 1.82) is 0 Å². The van der Waals surface area contributed by atoms with Gasteiger partial charge in [-0.2, -0.15) is 0 Å². The van der Waals surface area contributed by atoms with Gasteiger partial charge in [0, 0.05) is 12.0 Å². The SMILES string of the molecule is Cc1ccc(C2CC(O)c3ccccc3O2)cc1F. The summed E-state index contributed by atoms with van der Waals surface area (Å²) in [6, 6.07) is 12.5. The summed E-state index contributed by atoms with van der Waals surface area (Å²) in [4.78, 5) is 0. The summed E-state index contributed by atoms with van der Waals surface area (Å²) >= 11 is 0. The molecule has 3 rings (SSSR count). The van der Waals surface area contributed by atoms with E-state index in [0.717, 1.165) is 11.1 Å². The van der Waals surface area contributed by atoms with E-state index in [1.807, 2.05) is 30.3 Å². The number of aliphatic hydroxyl groups excluding tert-OH is 1. The van der Waals surface area contributed by atoms with Crippen LogP contribution in [0.15, 0.2) is 42.5 Å². The summed E-state index contributed by atoms with van der Waals surface area (Å²) in [7, 11) is 0. The normalized spacial score (nSPS) is 21.6. The van der Waals surface area contributed by atoms with Gasteiger partial charge in [-0.15, -0.1) is 0 Å². The van der Waals surface area contributed by atoms with E-state index in [2.05, 4.69) is 0 Å². The van der Waals surface area contributed by atoms with Crippen molar-refractivity contribution in [2.75, 3.05) is 0 Å². The van der Waals surface area contributed by atoms with Crippen LogP contribution in [0.1, 0.15) is 35.3 Å². The number of hydrogen-bond donors (Lipinski definition) is 1. The summed E-state index contributed by atoms with van der Waals surface area (Å²) in [5.41, 5.74) is 2.17. The monoisotopic (exact) mass is 258 g/mol. The highest BCUT2D eigenvalue weighted by Crippen LogP contribution is 2.40. The highest BCUT2D eigenvalue weighted by molar-refractivity contribution is 5.38. The zero-order chi connectivity index (χ0) is 13.4. The molecular weight excluding hydrogens is 243 g/mol. The summed E-state index contributed by atoms with van der Waals surface area (Å²) in [5, 5.41) is 10.1. The molecule has 0 aliphatic carbocycles. The fraction of sp³-hybridized carbons (Fsp3) is 0.250. The Labute approximate surface area is 111 Å². The van der Waals surface area contributed by atoms with Crippen LogP contribution < -0.4 is 4.74 Å². The van der Waals surface area contributed by atoms with Crippen LogP contribution in [-0.4, -0.2) is 5.11 Å². The first kappa shape index (κ1) is 12.2. The van der Waals surface area contributed by atoms with E-state index in [-0.39, 0.29) is 11.9 Å². The van der Waals surface area contributed by atoms with Crippen molar-refractivity contribution < 1.29 is 14.2 Å². The number of para-hydroxylation sites is 1. The van der Waals surface area contributed by atoms with Crippen molar-refractivity contribution in [3.8, 4) is 5.75 Å². The Balaban J connectivity index is 1.94. The molecule has 2 aromatic rings. The molecule has 98 valence electrons. The van der Waals surface area contributed by atoms with Crippen molar-refractivity contribution in [2.45, 2.75) is 25.6 Å². The molecule has 1 heterocycles. The Bertz CT molecular complexity index is 609. The Kier molecular flexibility index (Phi) is 2.99. The number of halogens is 1. The van der Waals surface area contributed by atoms with Crippen LogP contribution in [0.4, 0.5) is 4.39 Å². The van der Waals surface area contributed by atoms with E-state index in [0.29, 0.717) is 17.7 Å². The minimum atomic E-state index is -0.570. The number of rotatable bonds is 1. The van der Waals surface area contributed by atoms with Crippen LogP contribution in [0, 0.1) is 12.7 Å². The average molecular weight is 258 g/mol. The van der Waals surface area contributed by atoms with E-state index < -0.39 is 6.10 Å². The lowest BCUT2D eigenvalue weighted by Gasteiger charge is -2.30. The van der Waals surface area contributed by atoms with Gasteiger partial charge in [-0.25, -0.2) is 4.39 Å². The molecule has 0 radical (unpaired) electrons. The van der Waals surface area contributed by atoms with Gasteiger partial charge in [0.1, 0.15) is 17.7 Å². The molecule has 0 bridgehead atoms. The minimum Gasteiger partial charge on any atom is -0.485 e. The third-order valence-corrected chi connectivity index (χ3v) is 3.55. The summed E-state index contributed by atoms with van der Waals surface area (Å²) in [6.45, 7) is 1.73. The lowest BCUT2D eigenvalue weighted by Crippen LogP contribution is -2.19. The van der Waals surface area contributed by atoms with Crippen molar-refractivity contribution in [2.24, 2.45) is 0 Å². The Morgan fingerprint density at radius 3 is 2.79 bits per heavy atom. The van der Waals surface area contributed by atoms with Crippen molar-refractivity contribution in [3.63, 3.8) is 0 Å². The predicted octanol–water partition coefficient (Wildman–Crippen LogP) is 3.69. The van der Waals surface area contributed by atoms with E-state index in [4.69, 9.17) is 4.74 Å². The Hall–Kier alpha value is -1.87. The van der Waals surface area contributed by atoms with Gasteiger partial charge in [-0.3, -0.25) is 0 Å². The molecule has 2 atom stereocenters. The second-order valence-corrected chi connectivity index (χ2v) is 4.90. The van der Waals surface area contributed by atoms with Gasteiger partial charge < -0.3 is 9.84 Å². The zero-order valence-corrected chi connectivity index (χ0v) is 10.6. The molecule has 0 spiro atoms. The molecule has 2 nitrogen and oxygen atoms in total. The standard InChI is InChI=1S/C16H15FO2/c1-10-6-7-11(8-13(10)17)16-9-14(18)12-4-2-3-5-15(12)19-16/h2-8,14,16,18H,9H2,1H3. The second-order valence-electron chi connectivity index (χ2n) is 4.90. The van der Waals surface area contributed by atoms with Gasteiger partial charge in [0.25, 0.3) is 0 Å². The van der Waals surface area contributed by atoms with Gasteiger partial charge in [-0.1, -0.05) is 30.3 Å². The number of aryl methyl sites for hydroxylation is 1. The number of aliphatic hydroxyl groups is 1. The lowest BCUT2D eigenvalue weighted by molar-refractivity contribution is 0.0656. The van der Waals surface area contributed by atoms with Gasteiger partial charge in [0.05, 0.1) is 6.10 Å². The fourth-order valence-corrected chi connectivity index (χ4v) is 2.41. The van der Waals surface area contributed by atoms with E-state index in [1.54, 1.807) is 13.0 Å². The lowest BCUT2D eigenvalue weighted by atomic mass is 9.94. The van der Waals surface area contributed by atoms with Gasteiger partial charge in [-0.05, 0) is 30.2 Å². The fourth-order valence-electron chi connectivity index (χ4n) is 2.41. The van der Waals surface area contributed by atoms with Crippen LogP contribution in [0.2, 0.25) is 0 Å². The molecule has 0 amide bonds. The van der Waals surface area contributed by atoms with Crippen molar-refractivity contribution in [3.05, 3.63) is 65.0 Å². The minimum absolute atomic E-state index is 0.241. The maximum absolute atomic E-state index is 13.6. The van der Waals surface area contributed by atoms with Crippen LogP contribution in [0.25, 0.3) is 0 Å². The first-order valence-corrected chi connectivity index (χ1v) is 6.35. The van der Waals surface area contributed by atoms with E-state index in [1.165, 1.54) is 6.07 Å². The van der Waals surface area contributed by atoms with Crippen LogP contribution in [0.3, 0.4) is 0 Å². The first-order valence-electron chi connectivity index (χ1n) is 6.35. The third-order valence-electron chi connectivity index (χ3n) is 3.55. The summed E-state index contributed by atoms with van der Waals surface area (Å²) in [5.74, 6) is 0.432. The van der Waals surface area contributed by atoms with Crippen LogP contribution >= 0.6 is 0 Å². The first-order chi connectivity index (χ1) is 9.15. The molecule has 19 heavy (non-hydrogen) atoms.